The number of carbonyl (C=O) groups is 1. The number of rotatable bonds is 13. The van der Waals surface area contributed by atoms with Crippen LogP contribution in [-0.4, -0.2) is 12.6 Å². The fourth-order valence-electron chi connectivity index (χ4n) is 1.93. The quantitative estimate of drug-likeness (QED) is 0.260. The maximum atomic E-state index is 11.1. The van der Waals surface area contributed by atoms with Crippen molar-refractivity contribution in [2.45, 2.75) is 71.1 Å². The first-order chi connectivity index (χ1) is 9.31. The number of hydrogen-bond acceptors (Lipinski definition) is 2. The van der Waals surface area contributed by atoms with Gasteiger partial charge in [0.2, 0.25) is 0 Å². The number of esters is 1. The molecule has 0 saturated carbocycles. The van der Waals surface area contributed by atoms with E-state index in [0.29, 0.717) is 13.0 Å². The molecule has 0 aliphatic rings. The third-order valence-electron chi connectivity index (χ3n) is 3.02. The van der Waals surface area contributed by atoms with Crippen LogP contribution in [0.4, 0.5) is 0 Å². The second-order valence-corrected chi connectivity index (χ2v) is 4.80. The smallest absolute Gasteiger partial charge is 0.306 e. The summed E-state index contributed by atoms with van der Waals surface area (Å²) in [6, 6.07) is 0. The van der Waals surface area contributed by atoms with Crippen LogP contribution in [0, 0.1) is 0 Å². The van der Waals surface area contributed by atoms with Crippen molar-refractivity contribution in [3.05, 3.63) is 24.8 Å². The second-order valence-electron chi connectivity index (χ2n) is 4.80. The molecule has 0 N–H and O–H groups in total. The van der Waals surface area contributed by atoms with Crippen molar-refractivity contribution in [3.63, 3.8) is 0 Å². The maximum Gasteiger partial charge on any atom is 0.306 e. The molecule has 0 fully saturated rings. The zero-order valence-corrected chi connectivity index (χ0v) is 12.5. The number of allylic oxidation sites excluding steroid dienone is 3. The van der Waals surface area contributed by atoms with Crippen LogP contribution < -0.4 is 0 Å². The molecule has 0 aromatic rings. The SMILES string of the molecule is C=CCCCCCCCC/C=C/CCC(=O)OCC. The largest absolute Gasteiger partial charge is 0.466 e. The van der Waals surface area contributed by atoms with Crippen LogP contribution >= 0.6 is 0 Å². The Hall–Kier alpha value is -1.05. The summed E-state index contributed by atoms with van der Waals surface area (Å²) < 4.78 is 4.86. The van der Waals surface area contributed by atoms with Crippen LogP contribution in [-0.2, 0) is 9.53 Å². The lowest BCUT2D eigenvalue weighted by molar-refractivity contribution is -0.142. The fourth-order valence-corrected chi connectivity index (χ4v) is 1.93. The lowest BCUT2D eigenvalue weighted by Crippen LogP contribution is -2.02. The molecule has 0 atom stereocenters. The van der Waals surface area contributed by atoms with Crippen LogP contribution in [0.1, 0.15) is 71.1 Å². The molecule has 0 aromatic carbocycles. The van der Waals surface area contributed by atoms with E-state index in [2.05, 4.69) is 18.7 Å². The van der Waals surface area contributed by atoms with E-state index in [1.54, 1.807) is 0 Å². The van der Waals surface area contributed by atoms with Gasteiger partial charge in [0.05, 0.1) is 6.61 Å². The molecule has 0 rings (SSSR count). The van der Waals surface area contributed by atoms with Gasteiger partial charge in [-0.2, -0.15) is 0 Å². The predicted molar refractivity (Wildman–Crippen MR) is 82.1 cm³/mol. The topological polar surface area (TPSA) is 26.3 Å². The van der Waals surface area contributed by atoms with Gasteiger partial charge in [-0.1, -0.05) is 43.9 Å². The fraction of sp³-hybridized carbons (Fsp3) is 0.706. The van der Waals surface area contributed by atoms with Gasteiger partial charge in [0.15, 0.2) is 0 Å². The van der Waals surface area contributed by atoms with Gasteiger partial charge < -0.3 is 4.74 Å². The molecule has 0 saturated heterocycles. The van der Waals surface area contributed by atoms with Gasteiger partial charge >= 0.3 is 5.97 Å². The highest BCUT2D eigenvalue weighted by Gasteiger charge is 1.97. The number of unbranched alkanes of at least 4 members (excludes halogenated alkanes) is 7. The zero-order chi connectivity index (χ0) is 14.2. The van der Waals surface area contributed by atoms with E-state index in [4.69, 9.17) is 4.74 Å². The van der Waals surface area contributed by atoms with E-state index in [1.165, 1.54) is 38.5 Å². The molecule has 0 amide bonds. The van der Waals surface area contributed by atoms with Crippen LogP contribution in [0.2, 0.25) is 0 Å². The van der Waals surface area contributed by atoms with Crippen LogP contribution in [0.15, 0.2) is 24.8 Å². The summed E-state index contributed by atoms with van der Waals surface area (Å²) >= 11 is 0. The monoisotopic (exact) mass is 266 g/mol. The van der Waals surface area contributed by atoms with Gasteiger partial charge in [0.25, 0.3) is 0 Å². The first-order valence-electron chi connectivity index (χ1n) is 7.72. The van der Waals surface area contributed by atoms with E-state index in [-0.39, 0.29) is 5.97 Å². The second kappa shape index (κ2) is 15.0. The molecule has 0 aromatic heterocycles. The summed E-state index contributed by atoms with van der Waals surface area (Å²) in [7, 11) is 0. The van der Waals surface area contributed by atoms with Crippen LogP contribution in [0.25, 0.3) is 0 Å². The third-order valence-corrected chi connectivity index (χ3v) is 3.02. The van der Waals surface area contributed by atoms with Crippen molar-refractivity contribution in [2.75, 3.05) is 6.61 Å². The molecule has 0 bridgehead atoms. The molecular weight excluding hydrogens is 236 g/mol. The van der Waals surface area contributed by atoms with E-state index in [0.717, 1.165) is 19.3 Å². The van der Waals surface area contributed by atoms with Gasteiger partial charge in [-0.3, -0.25) is 4.79 Å². The Morgan fingerprint density at radius 1 is 0.947 bits per heavy atom. The van der Waals surface area contributed by atoms with E-state index >= 15 is 0 Å². The highest BCUT2D eigenvalue weighted by Crippen LogP contribution is 2.09. The Bertz CT molecular complexity index is 244. The average molecular weight is 266 g/mol. The summed E-state index contributed by atoms with van der Waals surface area (Å²) in [5.41, 5.74) is 0. The third kappa shape index (κ3) is 14.9. The first-order valence-corrected chi connectivity index (χ1v) is 7.72. The summed E-state index contributed by atoms with van der Waals surface area (Å²) in [6.45, 7) is 6.05. The van der Waals surface area contributed by atoms with Crippen molar-refractivity contribution in [3.8, 4) is 0 Å². The summed E-state index contributed by atoms with van der Waals surface area (Å²) in [6.07, 6.45) is 17.8. The molecule has 0 aliphatic heterocycles. The van der Waals surface area contributed by atoms with Gasteiger partial charge in [-0.05, 0) is 39.0 Å². The number of hydrogen-bond donors (Lipinski definition) is 0. The Balaban J connectivity index is 3.16. The van der Waals surface area contributed by atoms with Gasteiger partial charge in [-0.15, -0.1) is 6.58 Å². The summed E-state index contributed by atoms with van der Waals surface area (Å²) in [5.74, 6) is -0.0910. The highest BCUT2D eigenvalue weighted by atomic mass is 16.5. The molecule has 0 aliphatic carbocycles. The minimum atomic E-state index is -0.0910. The van der Waals surface area contributed by atoms with Gasteiger partial charge in [0, 0.05) is 6.42 Å². The maximum absolute atomic E-state index is 11.1. The Morgan fingerprint density at radius 3 is 2.16 bits per heavy atom. The Morgan fingerprint density at radius 2 is 1.53 bits per heavy atom. The van der Waals surface area contributed by atoms with E-state index in [9.17, 15) is 4.79 Å². The minimum absolute atomic E-state index is 0.0910. The summed E-state index contributed by atoms with van der Waals surface area (Å²) in [4.78, 5) is 11.1. The molecule has 2 heteroatoms. The van der Waals surface area contributed by atoms with Crippen molar-refractivity contribution in [2.24, 2.45) is 0 Å². The van der Waals surface area contributed by atoms with Gasteiger partial charge in [0.1, 0.15) is 0 Å². The first kappa shape index (κ1) is 17.9. The average Bonchev–Trinajstić information content (AvgIpc) is 2.40. The molecule has 2 nitrogen and oxygen atoms in total. The van der Waals surface area contributed by atoms with E-state index in [1.807, 2.05) is 13.0 Å². The standard InChI is InChI=1S/C17H30O2/c1-3-5-6-7-8-9-10-11-12-13-14-15-16-17(18)19-4-2/h3,13-14H,1,4-12,15-16H2,2H3/b14-13+. The lowest BCUT2D eigenvalue weighted by Gasteiger charge is -1.99. The van der Waals surface area contributed by atoms with E-state index < -0.39 is 0 Å². The number of carbonyl (C=O) groups excluding carboxylic acids is 1. The Labute approximate surface area is 118 Å². The van der Waals surface area contributed by atoms with Gasteiger partial charge in [-0.25, -0.2) is 0 Å². The van der Waals surface area contributed by atoms with Crippen molar-refractivity contribution in [1.82, 2.24) is 0 Å². The predicted octanol–water partition coefficient (Wildman–Crippen LogP) is 5.19. The normalized spacial score (nSPS) is 10.8. The molecular formula is C17H30O2. The van der Waals surface area contributed by atoms with Crippen molar-refractivity contribution < 1.29 is 9.53 Å². The Kier molecular flexibility index (Phi) is 14.2. The molecule has 0 radical (unpaired) electrons. The molecule has 110 valence electrons. The molecule has 0 spiro atoms. The van der Waals surface area contributed by atoms with Crippen molar-refractivity contribution in [1.29, 1.82) is 0 Å². The minimum Gasteiger partial charge on any atom is -0.466 e. The highest BCUT2D eigenvalue weighted by molar-refractivity contribution is 5.69. The summed E-state index contributed by atoms with van der Waals surface area (Å²) in [5, 5.41) is 0. The van der Waals surface area contributed by atoms with Crippen molar-refractivity contribution >= 4 is 5.97 Å². The zero-order valence-electron chi connectivity index (χ0n) is 12.5. The number of ether oxygens (including phenoxy) is 1. The molecule has 0 unspecified atom stereocenters. The molecule has 19 heavy (non-hydrogen) atoms. The lowest BCUT2D eigenvalue weighted by atomic mass is 10.1. The van der Waals surface area contributed by atoms with Crippen LogP contribution in [0.5, 0.6) is 0 Å². The van der Waals surface area contributed by atoms with Crippen LogP contribution in [0.3, 0.4) is 0 Å². The molecule has 0 heterocycles.